The maximum absolute atomic E-state index is 12.3. The standard InChI is InChI=1S/C12H16N4O2S/c1-2-16(8-10-4-3-5-11(13)6-10)19(17,18)12-7-14-9-15-12/h3-7,9H,2,8,13H2,1H3,(H,14,15). The number of hydrogen-bond donors (Lipinski definition) is 2. The molecule has 0 saturated heterocycles. The molecule has 0 spiro atoms. The fraction of sp³-hybridized carbons (Fsp3) is 0.250. The Labute approximate surface area is 112 Å². The Morgan fingerprint density at radius 2 is 2.21 bits per heavy atom. The van der Waals surface area contributed by atoms with Gasteiger partial charge in [-0.3, -0.25) is 0 Å². The summed E-state index contributed by atoms with van der Waals surface area (Å²) in [4.78, 5) is 6.37. The lowest BCUT2D eigenvalue weighted by Gasteiger charge is -2.19. The van der Waals surface area contributed by atoms with E-state index in [9.17, 15) is 8.42 Å². The van der Waals surface area contributed by atoms with Crippen LogP contribution in [0.2, 0.25) is 0 Å². The Kier molecular flexibility index (Phi) is 3.87. The van der Waals surface area contributed by atoms with Crippen LogP contribution in [-0.4, -0.2) is 29.2 Å². The molecule has 0 bridgehead atoms. The first kappa shape index (κ1) is 13.6. The molecule has 0 atom stereocenters. The van der Waals surface area contributed by atoms with Gasteiger partial charge in [-0.15, -0.1) is 0 Å². The maximum atomic E-state index is 12.3. The van der Waals surface area contributed by atoms with E-state index in [1.54, 1.807) is 25.1 Å². The number of H-pyrrole nitrogens is 1. The molecule has 2 rings (SSSR count). The molecule has 3 N–H and O–H groups in total. The average Bonchev–Trinajstić information content (AvgIpc) is 2.90. The number of nitrogens with zero attached hydrogens (tertiary/aromatic N) is 2. The van der Waals surface area contributed by atoms with E-state index in [0.29, 0.717) is 12.2 Å². The summed E-state index contributed by atoms with van der Waals surface area (Å²) in [5.74, 6) is 0. The third-order valence-corrected chi connectivity index (χ3v) is 4.60. The van der Waals surface area contributed by atoms with Gasteiger partial charge in [0.25, 0.3) is 10.0 Å². The molecule has 2 aromatic rings. The second kappa shape index (κ2) is 5.41. The maximum Gasteiger partial charge on any atom is 0.260 e. The van der Waals surface area contributed by atoms with Crippen LogP contribution >= 0.6 is 0 Å². The molecule has 0 unspecified atom stereocenters. The van der Waals surface area contributed by atoms with Gasteiger partial charge in [-0.05, 0) is 17.7 Å². The molecule has 0 fully saturated rings. The van der Waals surface area contributed by atoms with E-state index in [4.69, 9.17) is 5.73 Å². The van der Waals surface area contributed by atoms with Gasteiger partial charge in [0, 0.05) is 18.8 Å². The van der Waals surface area contributed by atoms with Crippen LogP contribution in [0, 0.1) is 0 Å². The zero-order chi connectivity index (χ0) is 13.9. The highest BCUT2D eigenvalue weighted by atomic mass is 32.2. The highest BCUT2D eigenvalue weighted by molar-refractivity contribution is 7.89. The van der Waals surface area contributed by atoms with Crippen LogP contribution < -0.4 is 5.73 Å². The molecule has 7 heteroatoms. The highest BCUT2D eigenvalue weighted by Gasteiger charge is 2.24. The normalized spacial score (nSPS) is 11.9. The number of hydrogen-bond acceptors (Lipinski definition) is 4. The lowest BCUT2D eigenvalue weighted by atomic mass is 10.2. The van der Waals surface area contributed by atoms with Gasteiger partial charge in [0.05, 0.1) is 12.5 Å². The van der Waals surface area contributed by atoms with Crippen LogP contribution in [0.4, 0.5) is 5.69 Å². The molecule has 0 aliphatic rings. The summed E-state index contributed by atoms with van der Waals surface area (Å²) in [7, 11) is -3.54. The van der Waals surface area contributed by atoms with Crippen molar-refractivity contribution in [3.05, 3.63) is 42.4 Å². The first-order valence-corrected chi connectivity index (χ1v) is 7.31. The van der Waals surface area contributed by atoms with Gasteiger partial charge in [-0.1, -0.05) is 19.1 Å². The average molecular weight is 280 g/mol. The molecule has 0 aliphatic heterocycles. The van der Waals surface area contributed by atoms with Crippen molar-refractivity contribution in [3.63, 3.8) is 0 Å². The third kappa shape index (κ3) is 2.94. The smallest absolute Gasteiger partial charge is 0.260 e. The summed E-state index contributed by atoms with van der Waals surface area (Å²) in [6, 6.07) is 7.19. The van der Waals surface area contributed by atoms with Crippen molar-refractivity contribution < 1.29 is 8.42 Å². The lowest BCUT2D eigenvalue weighted by molar-refractivity contribution is 0.421. The summed E-state index contributed by atoms with van der Waals surface area (Å²) in [5.41, 5.74) is 7.17. The van der Waals surface area contributed by atoms with Crippen molar-refractivity contribution in [2.45, 2.75) is 18.5 Å². The number of imidazole rings is 1. The SMILES string of the molecule is CCN(Cc1cccc(N)c1)S(=O)(=O)c1cnc[nH]1. The Bertz CT molecular complexity index is 638. The van der Waals surface area contributed by atoms with E-state index in [1.165, 1.54) is 16.8 Å². The Hall–Kier alpha value is -1.86. The first-order chi connectivity index (χ1) is 9.04. The van der Waals surface area contributed by atoms with Gasteiger partial charge < -0.3 is 10.7 Å². The minimum Gasteiger partial charge on any atom is -0.399 e. The molecular formula is C12H16N4O2S. The molecule has 0 saturated carbocycles. The number of rotatable bonds is 5. The molecule has 1 heterocycles. The highest BCUT2D eigenvalue weighted by Crippen LogP contribution is 2.16. The van der Waals surface area contributed by atoms with Crippen LogP contribution in [0.25, 0.3) is 0 Å². The van der Waals surface area contributed by atoms with Crippen LogP contribution in [0.5, 0.6) is 0 Å². The van der Waals surface area contributed by atoms with E-state index < -0.39 is 10.0 Å². The first-order valence-electron chi connectivity index (χ1n) is 5.87. The monoisotopic (exact) mass is 280 g/mol. The molecule has 0 aliphatic carbocycles. The van der Waals surface area contributed by atoms with Gasteiger partial charge in [0.15, 0.2) is 5.03 Å². The number of benzene rings is 1. The minimum absolute atomic E-state index is 0.0956. The number of nitrogens with one attached hydrogen (secondary N) is 1. The van der Waals surface area contributed by atoms with E-state index in [1.807, 2.05) is 6.07 Å². The third-order valence-electron chi connectivity index (χ3n) is 2.75. The summed E-state index contributed by atoms with van der Waals surface area (Å²) in [5, 5.41) is 0.0956. The van der Waals surface area contributed by atoms with Crippen molar-refractivity contribution in [1.29, 1.82) is 0 Å². The Morgan fingerprint density at radius 1 is 1.42 bits per heavy atom. The molecule has 1 aromatic heterocycles. The molecule has 6 nitrogen and oxygen atoms in total. The Morgan fingerprint density at radius 3 is 2.79 bits per heavy atom. The summed E-state index contributed by atoms with van der Waals surface area (Å²) < 4.78 is 26.0. The Balaban J connectivity index is 2.26. The summed E-state index contributed by atoms with van der Waals surface area (Å²) >= 11 is 0. The molecular weight excluding hydrogens is 264 g/mol. The molecule has 0 amide bonds. The number of nitrogen functional groups attached to an aromatic ring is 1. The number of aromatic amines is 1. The second-order valence-corrected chi connectivity index (χ2v) is 6.00. The van der Waals surface area contributed by atoms with E-state index >= 15 is 0 Å². The summed E-state index contributed by atoms with van der Waals surface area (Å²) in [6.07, 6.45) is 2.65. The predicted octanol–water partition coefficient (Wildman–Crippen LogP) is 1.20. The number of anilines is 1. The fourth-order valence-corrected chi connectivity index (χ4v) is 3.12. The van der Waals surface area contributed by atoms with Crippen LogP contribution in [-0.2, 0) is 16.6 Å². The van der Waals surface area contributed by atoms with Crippen LogP contribution in [0.1, 0.15) is 12.5 Å². The predicted molar refractivity (Wildman–Crippen MR) is 72.7 cm³/mol. The van der Waals surface area contributed by atoms with Crippen molar-refractivity contribution >= 4 is 15.7 Å². The van der Waals surface area contributed by atoms with Gasteiger partial charge in [-0.2, -0.15) is 4.31 Å². The van der Waals surface area contributed by atoms with Crippen LogP contribution in [0.3, 0.4) is 0 Å². The van der Waals surface area contributed by atoms with Crippen molar-refractivity contribution in [3.8, 4) is 0 Å². The van der Waals surface area contributed by atoms with Crippen LogP contribution in [0.15, 0.2) is 41.8 Å². The lowest BCUT2D eigenvalue weighted by Crippen LogP contribution is -2.30. The second-order valence-electron chi connectivity index (χ2n) is 4.09. The molecule has 0 radical (unpaired) electrons. The quantitative estimate of drug-likeness (QED) is 0.805. The molecule has 102 valence electrons. The van der Waals surface area contributed by atoms with E-state index in [0.717, 1.165) is 5.56 Å². The topological polar surface area (TPSA) is 92.1 Å². The van der Waals surface area contributed by atoms with Gasteiger partial charge in [-0.25, -0.2) is 13.4 Å². The zero-order valence-corrected chi connectivity index (χ0v) is 11.4. The largest absolute Gasteiger partial charge is 0.399 e. The zero-order valence-electron chi connectivity index (χ0n) is 10.6. The number of nitrogens with two attached hydrogens (primary N) is 1. The fourth-order valence-electron chi connectivity index (χ4n) is 1.79. The number of sulfonamides is 1. The van der Waals surface area contributed by atoms with Gasteiger partial charge in [0.2, 0.25) is 0 Å². The van der Waals surface area contributed by atoms with Crippen molar-refractivity contribution in [1.82, 2.24) is 14.3 Å². The minimum atomic E-state index is -3.54. The molecule has 19 heavy (non-hydrogen) atoms. The van der Waals surface area contributed by atoms with E-state index in [2.05, 4.69) is 9.97 Å². The van der Waals surface area contributed by atoms with Crippen molar-refractivity contribution in [2.75, 3.05) is 12.3 Å². The summed E-state index contributed by atoms with van der Waals surface area (Å²) in [6.45, 7) is 2.44. The van der Waals surface area contributed by atoms with Gasteiger partial charge in [0.1, 0.15) is 0 Å². The number of aromatic nitrogens is 2. The van der Waals surface area contributed by atoms with Crippen molar-refractivity contribution in [2.24, 2.45) is 0 Å². The molecule has 1 aromatic carbocycles. The van der Waals surface area contributed by atoms with E-state index in [-0.39, 0.29) is 11.6 Å². The van der Waals surface area contributed by atoms with Gasteiger partial charge >= 0.3 is 0 Å².